The number of halogens is 3. The molecule has 2 aromatic carbocycles. The maximum Gasteiger partial charge on any atom is 0.416 e. The first-order valence-corrected chi connectivity index (χ1v) is 7.57. The summed E-state index contributed by atoms with van der Waals surface area (Å²) in [6, 6.07) is 12.1. The van der Waals surface area contributed by atoms with Crippen LogP contribution in [0.3, 0.4) is 0 Å². The topological polar surface area (TPSA) is 79.4 Å². The highest BCUT2D eigenvalue weighted by Crippen LogP contribution is 2.31. The molecule has 0 saturated carbocycles. The first-order chi connectivity index (χ1) is 12.5. The second-order valence-electron chi connectivity index (χ2n) is 5.51. The highest BCUT2D eigenvalue weighted by Gasteiger charge is 2.30. The number of nitrogens with one attached hydrogen (secondary N) is 2. The van der Waals surface area contributed by atoms with Crippen LogP contribution in [0.2, 0.25) is 0 Å². The van der Waals surface area contributed by atoms with E-state index in [-0.39, 0.29) is 11.6 Å². The molecule has 2 heterocycles. The number of H-pyrrole nitrogens is 1. The van der Waals surface area contributed by atoms with Gasteiger partial charge < -0.3 is 5.32 Å². The normalized spacial score (nSPS) is 11.7. The van der Waals surface area contributed by atoms with Crippen LogP contribution in [-0.2, 0) is 6.18 Å². The number of rotatable bonds is 3. The number of anilines is 2. The van der Waals surface area contributed by atoms with Crippen molar-refractivity contribution in [1.29, 1.82) is 0 Å². The molecular weight excluding hydrogens is 345 g/mol. The quantitative estimate of drug-likeness (QED) is 0.576. The van der Waals surface area contributed by atoms with Crippen molar-refractivity contribution in [3.8, 4) is 11.3 Å². The van der Waals surface area contributed by atoms with Crippen LogP contribution >= 0.6 is 0 Å². The summed E-state index contributed by atoms with van der Waals surface area (Å²) < 4.78 is 38.5. The Morgan fingerprint density at radius 3 is 2.73 bits per heavy atom. The van der Waals surface area contributed by atoms with Gasteiger partial charge in [0.25, 0.3) is 0 Å². The van der Waals surface area contributed by atoms with Gasteiger partial charge in [0.1, 0.15) is 5.52 Å². The third kappa shape index (κ3) is 3.18. The summed E-state index contributed by atoms with van der Waals surface area (Å²) in [4.78, 5) is 8.43. The second-order valence-corrected chi connectivity index (χ2v) is 5.51. The fourth-order valence-electron chi connectivity index (χ4n) is 2.48. The third-order valence-corrected chi connectivity index (χ3v) is 3.72. The zero-order chi connectivity index (χ0) is 18.1. The minimum atomic E-state index is -4.41. The van der Waals surface area contributed by atoms with Gasteiger partial charge in [-0.2, -0.15) is 13.2 Å². The first kappa shape index (κ1) is 16.0. The largest absolute Gasteiger partial charge is 0.416 e. The van der Waals surface area contributed by atoms with Gasteiger partial charge in [-0.05, 0) is 36.4 Å². The number of hydrogen-bond donors (Lipinski definition) is 2. The molecule has 0 amide bonds. The lowest BCUT2D eigenvalue weighted by molar-refractivity contribution is -0.137. The van der Waals surface area contributed by atoms with E-state index in [4.69, 9.17) is 0 Å². The monoisotopic (exact) mass is 356 g/mol. The Hall–Kier alpha value is -3.49. The van der Waals surface area contributed by atoms with Gasteiger partial charge in [0.15, 0.2) is 0 Å². The van der Waals surface area contributed by atoms with Gasteiger partial charge in [0, 0.05) is 17.4 Å². The first-order valence-electron chi connectivity index (χ1n) is 7.57. The van der Waals surface area contributed by atoms with Crippen LogP contribution in [0.15, 0.2) is 54.7 Å². The van der Waals surface area contributed by atoms with Gasteiger partial charge in [0.2, 0.25) is 5.95 Å². The van der Waals surface area contributed by atoms with Crippen LogP contribution in [-0.4, -0.2) is 25.4 Å². The van der Waals surface area contributed by atoms with Gasteiger partial charge in [-0.25, -0.2) is 9.97 Å². The maximum absolute atomic E-state index is 12.8. The van der Waals surface area contributed by atoms with Crippen LogP contribution in [0.5, 0.6) is 0 Å². The van der Waals surface area contributed by atoms with Crippen molar-refractivity contribution >= 4 is 22.7 Å². The zero-order valence-corrected chi connectivity index (χ0v) is 13.1. The van der Waals surface area contributed by atoms with E-state index < -0.39 is 11.7 Å². The lowest BCUT2D eigenvalue weighted by atomic mass is 10.1. The molecule has 0 saturated heterocycles. The molecule has 0 aliphatic rings. The standard InChI is InChI=1S/C17H11F3N6/c18-17(19,20)11-2-1-3-12(9-11)22-16-21-7-6-13(23-16)10-4-5-14-15(8-10)25-26-24-14/h1-9H,(H,21,22,23)(H,24,25,26). The molecule has 0 aliphatic heterocycles. The highest BCUT2D eigenvalue weighted by atomic mass is 19.4. The van der Waals surface area contributed by atoms with Crippen molar-refractivity contribution in [3.05, 3.63) is 60.3 Å². The SMILES string of the molecule is FC(F)(F)c1cccc(Nc2nccc(-c3ccc4[nH]nnc4c3)n2)c1. The molecule has 0 aliphatic carbocycles. The number of nitrogens with zero attached hydrogens (tertiary/aromatic N) is 4. The molecule has 2 aromatic heterocycles. The van der Waals surface area contributed by atoms with E-state index in [9.17, 15) is 13.2 Å². The van der Waals surface area contributed by atoms with E-state index in [1.54, 1.807) is 6.07 Å². The molecule has 26 heavy (non-hydrogen) atoms. The van der Waals surface area contributed by atoms with E-state index in [1.165, 1.54) is 18.3 Å². The van der Waals surface area contributed by atoms with Crippen LogP contribution in [0.4, 0.5) is 24.8 Å². The number of benzene rings is 2. The van der Waals surface area contributed by atoms with Crippen molar-refractivity contribution in [2.75, 3.05) is 5.32 Å². The lowest BCUT2D eigenvalue weighted by Gasteiger charge is -2.10. The average molecular weight is 356 g/mol. The molecule has 4 aromatic rings. The summed E-state index contributed by atoms with van der Waals surface area (Å²) in [7, 11) is 0. The maximum atomic E-state index is 12.8. The van der Waals surface area contributed by atoms with Crippen molar-refractivity contribution in [1.82, 2.24) is 25.4 Å². The van der Waals surface area contributed by atoms with Crippen molar-refractivity contribution < 1.29 is 13.2 Å². The average Bonchev–Trinajstić information content (AvgIpc) is 3.09. The predicted octanol–water partition coefficient (Wildman–Crippen LogP) is 4.18. The minimum absolute atomic E-state index is 0.196. The zero-order valence-electron chi connectivity index (χ0n) is 13.1. The Morgan fingerprint density at radius 2 is 1.88 bits per heavy atom. The Kier molecular flexibility index (Phi) is 3.76. The van der Waals surface area contributed by atoms with Gasteiger partial charge in [-0.1, -0.05) is 17.3 Å². The summed E-state index contributed by atoms with van der Waals surface area (Å²) in [5, 5.41) is 13.2. The number of fused-ring (bicyclic) bond motifs is 1. The van der Waals surface area contributed by atoms with Crippen LogP contribution in [0, 0.1) is 0 Å². The second kappa shape index (κ2) is 6.10. The minimum Gasteiger partial charge on any atom is -0.324 e. The Morgan fingerprint density at radius 1 is 1.00 bits per heavy atom. The molecule has 130 valence electrons. The van der Waals surface area contributed by atoms with E-state index in [0.717, 1.165) is 23.2 Å². The number of aromatic nitrogens is 5. The van der Waals surface area contributed by atoms with Crippen molar-refractivity contribution in [3.63, 3.8) is 0 Å². The summed E-state index contributed by atoms with van der Waals surface area (Å²) in [5.41, 5.74) is 2.40. The van der Waals surface area contributed by atoms with Crippen molar-refractivity contribution in [2.24, 2.45) is 0 Å². The molecule has 9 heteroatoms. The van der Waals surface area contributed by atoms with E-state index in [2.05, 4.69) is 30.7 Å². The molecule has 4 rings (SSSR count). The van der Waals surface area contributed by atoms with E-state index >= 15 is 0 Å². The highest BCUT2D eigenvalue weighted by molar-refractivity contribution is 5.80. The molecule has 0 unspecified atom stereocenters. The van der Waals surface area contributed by atoms with Crippen LogP contribution in [0.25, 0.3) is 22.3 Å². The van der Waals surface area contributed by atoms with Gasteiger partial charge in [-0.3, -0.25) is 5.10 Å². The molecule has 2 N–H and O–H groups in total. The molecular formula is C17H11F3N6. The third-order valence-electron chi connectivity index (χ3n) is 3.72. The Bertz CT molecular complexity index is 1070. The molecule has 0 atom stereocenters. The van der Waals surface area contributed by atoms with Crippen LogP contribution in [0.1, 0.15) is 5.56 Å². The molecule has 6 nitrogen and oxygen atoms in total. The number of aromatic amines is 1. The fourth-order valence-corrected chi connectivity index (χ4v) is 2.48. The van der Waals surface area contributed by atoms with Gasteiger partial charge in [-0.15, -0.1) is 5.10 Å². The van der Waals surface area contributed by atoms with E-state index in [0.29, 0.717) is 11.2 Å². The summed E-state index contributed by atoms with van der Waals surface area (Å²) in [5.74, 6) is 0.196. The van der Waals surface area contributed by atoms with Crippen LogP contribution < -0.4 is 5.32 Å². The summed E-state index contributed by atoms with van der Waals surface area (Å²) >= 11 is 0. The number of hydrogen-bond acceptors (Lipinski definition) is 5. The Balaban J connectivity index is 1.64. The Labute approximate surface area is 145 Å². The molecule has 0 radical (unpaired) electrons. The van der Waals surface area contributed by atoms with Gasteiger partial charge in [0.05, 0.1) is 16.8 Å². The smallest absolute Gasteiger partial charge is 0.324 e. The van der Waals surface area contributed by atoms with Gasteiger partial charge >= 0.3 is 6.18 Å². The molecule has 0 bridgehead atoms. The number of alkyl halides is 3. The predicted molar refractivity (Wildman–Crippen MR) is 89.6 cm³/mol. The summed E-state index contributed by atoms with van der Waals surface area (Å²) in [6.07, 6.45) is -2.88. The lowest BCUT2D eigenvalue weighted by Crippen LogP contribution is -2.05. The van der Waals surface area contributed by atoms with Crippen molar-refractivity contribution in [2.45, 2.75) is 6.18 Å². The fraction of sp³-hybridized carbons (Fsp3) is 0.0588. The van der Waals surface area contributed by atoms with E-state index in [1.807, 2.05) is 18.2 Å². The summed E-state index contributed by atoms with van der Waals surface area (Å²) in [6.45, 7) is 0. The molecule has 0 spiro atoms. The molecule has 0 fully saturated rings.